The predicted molar refractivity (Wildman–Crippen MR) is 75.3 cm³/mol. The molecule has 0 bridgehead atoms. The van der Waals surface area contributed by atoms with Crippen LogP contribution in [0.1, 0.15) is 25.7 Å². The van der Waals surface area contributed by atoms with Crippen LogP contribution in [0.4, 0.5) is 5.82 Å². The van der Waals surface area contributed by atoms with Gasteiger partial charge in [-0.15, -0.1) is 0 Å². The Hall–Kier alpha value is -1.12. The van der Waals surface area contributed by atoms with Gasteiger partial charge in [-0.05, 0) is 24.7 Å². The Balaban J connectivity index is 2.06. The van der Waals surface area contributed by atoms with Gasteiger partial charge in [-0.2, -0.15) is 0 Å². The van der Waals surface area contributed by atoms with Crippen molar-refractivity contribution < 1.29 is 13.5 Å². The summed E-state index contributed by atoms with van der Waals surface area (Å²) in [6.07, 6.45) is 5.45. The number of hydrogen-bond donors (Lipinski definition) is 3. The van der Waals surface area contributed by atoms with Gasteiger partial charge in [-0.3, -0.25) is 0 Å². The molecule has 1 aromatic heterocycles. The van der Waals surface area contributed by atoms with E-state index in [-0.39, 0.29) is 29.3 Å². The topological polar surface area (TPSA) is 110 Å². The van der Waals surface area contributed by atoms with E-state index in [1.807, 2.05) is 0 Å². The van der Waals surface area contributed by atoms with E-state index < -0.39 is 10.0 Å². The van der Waals surface area contributed by atoms with Gasteiger partial charge < -0.3 is 15.4 Å². The highest BCUT2D eigenvalue weighted by atomic mass is 32.2. The van der Waals surface area contributed by atoms with E-state index in [4.69, 9.17) is 5.73 Å². The number of aliphatic hydroxyl groups is 1. The van der Waals surface area contributed by atoms with Crippen LogP contribution in [0.5, 0.6) is 0 Å². The fraction of sp³-hybridized carbons (Fsp3) is 0.750. The normalized spacial score (nSPS) is 23.9. The molecule has 1 aliphatic carbocycles. The number of nitrogen functional groups attached to an aromatic ring is 1. The molecule has 0 aliphatic heterocycles. The first kappa shape index (κ1) is 15.3. The number of imidazole rings is 1. The van der Waals surface area contributed by atoms with Crippen molar-refractivity contribution in [2.45, 2.75) is 30.7 Å². The second-order valence-electron chi connectivity index (χ2n) is 5.38. The zero-order valence-corrected chi connectivity index (χ0v) is 12.4. The lowest BCUT2D eigenvalue weighted by Gasteiger charge is -2.30. The summed E-state index contributed by atoms with van der Waals surface area (Å²) in [6, 6.07) is 0. The molecule has 2 rings (SSSR count). The summed E-state index contributed by atoms with van der Waals surface area (Å²) in [4.78, 5) is 3.79. The molecule has 0 spiro atoms. The molecule has 1 fully saturated rings. The third-order valence-electron chi connectivity index (χ3n) is 4.00. The van der Waals surface area contributed by atoms with Crippen molar-refractivity contribution in [3.8, 4) is 0 Å². The Morgan fingerprint density at radius 3 is 2.65 bits per heavy atom. The third kappa shape index (κ3) is 3.13. The summed E-state index contributed by atoms with van der Waals surface area (Å²) in [7, 11) is -2.07. The van der Waals surface area contributed by atoms with Crippen LogP contribution in [-0.2, 0) is 17.1 Å². The number of hydrogen-bond acceptors (Lipinski definition) is 5. The molecule has 1 aliphatic rings. The lowest BCUT2D eigenvalue weighted by Crippen LogP contribution is -2.36. The van der Waals surface area contributed by atoms with Gasteiger partial charge in [0.2, 0.25) is 0 Å². The minimum Gasteiger partial charge on any atom is -0.396 e. The molecule has 8 heteroatoms. The average Bonchev–Trinajstić information content (AvgIpc) is 2.77. The highest BCUT2D eigenvalue weighted by Gasteiger charge is 2.28. The fourth-order valence-electron chi connectivity index (χ4n) is 2.84. The zero-order chi connectivity index (χ0) is 14.8. The van der Waals surface area contributed by atoms with Crippen LogP contribution in [0.2, 0.25) is 0 Å². The number of aliphatic hydroxyl groups excluding tert-OH is 1. The molecule has 4 N–H and O–H groups in total. The quantitative estimate of drug-likeness (QED) is 0.713. The number of rotatable bonds is 5. The SMILES string of the molecule is Cn1cnc(N)c1S(=O)(=O)NCC1CCCCC1CO. The van der Waals surface area contributed by atoms with Crippen molar-refractivity contribution in [3.05, 3.63) is 6.33 Å². The first-order valence-electron chi connectivity index (χ1n) is 6.83. The summed E-state index contributed by atoms with van der Waals surface area (Å²) in [5, 5.41) is 9.35. The van der Waals surface area contributed by atoms with Crippen LogP contribution in [0, 0.1) is 11.8 Å². The summed E-state index contributed by atoms with van der Waals surface area (Å²) in [5.74, 6) is 0.357. The molecule has 7 nitrogen and oxygen atoms in total. The first-order valence-corrected chi connectivity index (χ1v) is 8.31. The van der Waals surface area contributed by atoms with Crippen LogP contribution >= 0.6 is 0 Å². The van der Waals surface area contributed by atoms with Crippen molar-refractivity contribution in [3.63, 3.8) is 0 Å². The molecule has 0 amide bonds. The molecule has 2 unspecified atom stereocenters. The standard InChI is InChI=1S/C12H22N4O3S/c1-16-8-14-11(13)12(16)20(18,19)15-6-9-4-2-3-5-10(9)7-17/h8-10,15,17H,2-7,13H2,1H3. The van der Waals surface area contributed by atoms with Crippen LogP contribution in [0.3, 0.4) is 0 Å². The molecular weight excluding hydrogens is 280 g/mol. The summed E-state index contributed by atoms with van der Waals surface area (Å²) in [6.45, 7) is 0.443. The molecule has 2 atom stereocenters. The molecule has 1 saturated carbocycles. The number of nitrogens with zero attached hydrogens (tertiary/aromatic N) is 2. The molecule has 20 heavy (non-hydrogen) atoms. The van der Waals surface area contributed by atoms with E-state index in [2.05, 4.69) is 9.71 Å². The monoisotopic (exact) mass is 302 g/mol. The van der Waals surface area contributed by atoms with Crippen molar-refractivity contribution in [2.24, 2.45) is 18.9 Å². The summed E-state index contributed by atoms with van der Waals surface area (Å²) >= 11 is 0. The Labute approximate surface area is 119 Å². The first-order chi connectivity index (χ1) is 9.45. The van der Waals surface area contributed by atoms with Crippen molar-refractivity contribution in [2.75, 3.05) is 18.9 Å². The maximum Gasteiger partial charge on any atom is 0.260 e. The van der Waals surface area contributed by atoms with Crippen LogP contribution < -0.4 is 10.5 Å². The molecular formula is C12H22N4O3S. The largest absolute Gasteiger partial charge is 0.396 e. The van der Waals surface area contributed by atoms with Crippen LogP contribution in [0.15, 0.2) is 11.4 Å². The lowest BCUT2D eigenvalue weighted by molar-refractivity contribution is 0.136. The highest BCUT2D eigenvalue weighted by molar-refractivity contribution is 7.89. The molecule has 114 valence electrons. The maximum atomic E-state index is 12.3. The third-order valence-corrected chi connectivity index (χ3v) is 5.55. The Morgan fingerprint density at radius 1 is 1.45 bits per heavy atom. The number of sulfonamides is 1. The molecule has 1 aromatic rings. The van der Waals surface area contributed by atoms with E-state index >= 15 is 0 Å². The number of nitrogens with one attached hydrogen (secondary N) is 1. The number of anilines is 1. The molecule has 0 saturated heterocycles. The van der Waals surface area contributed by atoms with Gasteiger partial charge in [0.25, 0.3) is 10.0 Å². The van der Waals surface area contributed by atoms with E-state index in [1.54, 1.807) is 7.05 Å². The molecule has 0 aromatic carbocycles. The van der Waals surface area contributed by atoms with Gasteiger partial charge in [-0.1, -0.05) is 12.8 Å². The van der Waals surface area contributed by atoms with Crippen molar-refractivity contribution in [1.82, 2.24) is 14.3 Å². The van der Waals surface area contributed by atoms with Crippen molar-refractivity contribution in [1.29, 1.82) is 0 Å². The van der Waals surface area contributed by atoms with Gasteiger partial charge >= 0.3 is 0 Å². The maximum absolute atomic E-state index is 12.3. The van der Waals surface area contributed by atoms with Crippen LogP contribution in [0.25, 0.3) is 0 Å². The highest BCUT2D eigenvalue weighted by Crippen LogP contribution is 2.29. The average molecular weight is 302 g/mol. The number of aromatic nitrogens is 2. The number of nitrogens with two attached hydrogens (primary N) is 1. The summed E-state index contributed by atoms with van der Waals surface area (Å²) < 4.78 is 28.5. The van der Waals surface area contributed by atoms with E-state index in [1.165, 1.54) is 10.9 Å². The molecule has 1 heterocycles. The van der Waals surface area contributed by atoms with Crippen molar-refractivity contribution >= 4 is 15.8 Å². The number of aryl methyl sites for hydroxylation is 1. The second kappa shape index (κ2) is 6.11. The van der Waals surface area contributed by atoms with E-state index in [0.29, 0.717) is 6.54 Å². The zero-order valence-electron chi connectivity index (χ0n) is 11.6. The smallest absolute Gasteiger partial charge is 0.260 e. The Bertz CT molecular complexity index is 536. The van der Waals surface area contributed by atoms with Gasteiger partial charge in [0, 0.05) is 20.2 Å². The predicted octanol–water partition coefficient (Wildman–Crippen LogP) is 0.0793. The minimum atomic E-state index is -3.67. The Morgan fingerprint density at radius 2 is 2.10 bits per heavy atom. The van der Waals surface area contributed by atoms with Gasteiger partial charge in [-0.25, -0.2) is 18.1 Å². The lowest BCUT2D eigenvalue weighted by atomic mass is 9.80. The van der Waals surface area contributed by atoms with Gasteiger partial charge in [0.1, 0.15) is 0 Å². The minimum absolute atomic E-state index is 0.00218. The van der Waals surface area contributed by atoms with E-state index in [0.717, 1.165) is 25.7 Å². The van der Waals surface area contributed by atoms with Crippen LogP contribution in [-0.4, -0.2) is 36.2 Å². The fourth-order valence-corrected chi connectivity index (χ4v) is 4.17. The summed E-state index contributed by atoms with van der Waals surface area (Å²) in [5.41, 5.74) is 5.60. The van der Waals surface area contributed by atoms with Gasteiger partial charge in [0.05, 0.1) is 6.33 Å². The molecule has 0 radical (unpaired) electrons. The van der Waals surface area contributed by atoms with Gasteiger partial charge in [0.15, 0.2) is 10.8 Å². The van der Waals surface area contributed by atoms with E-state index in [9.17, 15) is 13.5 Å². The Kier molecular flexibility index (Phi) is 4.66. The second-order valence-corrected chi connectivity index (χ2v) is 7.07.